The fourth-order valence-corrected chi connectivity index (χ4v) is 3.28. The zero-order chi connectivity index (χ0) is 18.2. The Morgan fingerprint density at radius 3 is 2.56 bits per heavy atom. The highest BCUT2D eigenvalue weighted by Gasteiger charge is 2.33. The molecule has 144 valence electrons. The number of rotatable bonds is 6. The Balaban J connectivity index is 1.78. The molecule has 8 heteroatoms. The largest absolute Gasteiger partial charge is 0.394 e. The Morgan fingerprint density at radius 1 is 1.20 bits per heavy atom. The van der Waals surface area contributed by atoms with Crippen molar-refractivity contribution >= 4 is 11.9 Å². The van der Waals surface area contributed by atoms with E-state index in [1.807, 2.05) is 11.8 Å². The number of nitrogens with zero attached hydrogens (tertiary/aromatic N) is 2. The maximum Gasteiger partial charge on any atom is 0.315 e. The summed E-state index contributed by atoms with van der Waals surface area (Å²) in [5.74, 6) is 0.113. The number of carbonyl (C=O) groups excluding carboxylic acids is 2. The number of amides is 3. The van der Waals surface area contributed by atoms with Crippen molar-refractivity contribution in [2.45, 2.75) is 50.9 Å². The second-order valence-corrected chi connectivity index (χ2v) is 6.95. The van der Waals surface area contributed by atoms with E-state index in [0.29, 0.717) is 25.8 Å². The fourth-order valence-electron chi connectivity index (χ4n) is 3.28. The number of urea groups is 1. The van der Waals surface area contributed by atoms with Gasteiger partial charge in [0.05, 0.1) is 25.2 Å². The molecule has 2 aliphatic heterocycles. The monoisotopic (exact) mass is 356 g/mol. The van der Waals surface area contributed by atoms with E-state index >= 15 is 0 Å². The number of piperazine rings is 1. The Kier molecular flexibility index (Phi) is 7.92. The number of hydrogen-bond acceptors (Lipinski definition) is 5. The molecule has 2 saturated heterocycles. The van der Waals surface area contributed by atoms with Crippen LogP contribution in [0.1, 0.15) is 32.6 Å². The lowest BCUT2D eigenvalue weighted by Gasteiger charge is -2.37. The molecule has 25 heavy (non-hydrogen) atoms. The van der Waals surface area contributed by atoms with Crippen molar-refractivity contribution in [3.63, 3.8) is 0 Å². The smallest absolute Gasteiger partial charge is 0.315 e. The van der Waals surface area contributed by atoms with Gasteiger partial charge in [-0.25, -0.2) is 4.79 Å². The molecule has 2 fully saturated rings. The topological polar surface area (TPSA) is 94.1 Å². The summed E-state index contributed by atoms with van der Waals surface area (Å²) in [6.07, 6.45) is 1.95. The summed E-state index contributed by atoms with van der Waals surface area (Å²) >= 11 is 0. The van der Waals surface area contributed by atoms with Crippen LogP contribution in [-0.4, -0.2) is 91.5 Å². The number of aliphatic hydroxyl groups is 1. The molecule has 0 spiro atoms. The lowest BCUT2D eigenvalue weighted by Crippen LogP contribution is -2.54. The van der Waals surface area contributed by atoms with Crippen molar-refractivity contribution in [3.8, 4) is 0 Å². The van der Waals surface area contributed by atoms with E-state index in [0.717, 1.165) is 32.6 Å². The summed E-state index contributed by atoms with van der Waals surface area (Å²) < 4.78 is 5.89. The molecular formula is C17H32N4O4. The number of ether oxygens (including phenoxy) is 1. The molecule has 0 bridgehead atoms. The van der Waals surface area contributed by atoms with Gasteiger partial charge in [0.15, 0.2) is 0 Å². The van der Waals surface area contributed by atoms with Gasteiger partial charge in [-0.05, 0) is 26.3 Å². The van der Waals surface area contributed by atoms with Crippen LogP contribution in [0, 0.1) is 0 Å². The van der Waals surface area contributed by atoms with Crippen molar-refractivity contribution in [1.82, 2.24) is 20.4 Å². The molecule has 0 aliphatic carbocycles. The molecule has 2 heterocycles. The highest BCUT2D eigenvalue weighted by Crippen LogP contribution is 2.22. The molecule has 0 aromatic rings. The molecule has 8 nitrogen and oxygen atoms in total. The van der Waals surface area contributed by atoms with Crippen LogP contribution in [0.15, 0.2) is 0 Å². The third-order valence-electron chi connectivity index (χ3n) is 4.91. The van der Waals surface area contributed by atoms with Gasteiger partial charge < -0.3 is 30.3 Å². The molecule has 0 unspecified atom stereocenters. The summed E-state index contributed by atoms with van der Waals surface area (Å²) in [6, 6.07) is -0.460. The second kappa shape index (κ2) is 9.94. The summed E-state index contributed by atoms with van der Waals surface area (Å²) in [6.45, 7) is 5.75. The van der Waals surface area contributed by atoms with Crippen molar-refractivity contribution in [3.05, 3.63) is 0 Å². The number of aliphatic hydroxyl groups excluding tert-OH is 1. The first-order valence-electron chi connectivity index (χ1n) is 9.30. The number of likely N-dealkylation sites (N-methyl/N-ethyl adjacent to an activating group) is 1. The fraction of sp³-hybridized carbons (Fsp3) is 0.882. The maximum absolute atomic E-state index is 12.4. The minimum atomic E-state index is -0.466. The molecule has 0 aromatic heterocycles. The standard InChI is InChI=1S/C17H32N4O4/c1-3-6-18-17(24)19-14-5-4-13(25-15(14)12-22)11-16(23)21-9-7-20(2)8-10-21/h13-15,22H,3-12H2,1-2H3,(H2,18,19,24)/t13-,14-,15-/m0/s1. The predicted octanol–water partition coefficient (Wildman–Crippen LogP) is -0.232. The Labute approximate surface area is 149 Å². The van der Waals surface area contributed by atoms with Crippen LogP contribution in [0.3, 0.4) is 0 Å². The molecule has 0 radical (unpaired) electrons. The minimum Gasteiger partial charge on any atom is -0.394 e. The maximum atomic E-state index is 12.4. The van der Waals surface area contributed by atoms with E-state index in [9.17, 15) is 14.7 Å². The molecule has 2 rings (SSSR count). The van der Waals surface area contributed by atoms with E-state index in [1.165, 1.54) is 0 Å². The molecule has 3 N–H and O–H groups in total. The first-order chi connectivity index (χ1) is 12.0. The minimum absolute atomic E-state index is 0.113. The number of nitrogens with one attached hydrogen (secondary N) is 2. The average molecular weight is 356 g/mol. The number of carbonyl (C=O) groups is 2. The van der Waals surface area contributed by atoms with Gasteiger partial charge in [-0.2, -0.15) is 0 Å². The van der Waals surface area contributed by atoms with Gasteiger partial charge in [-0.3, -0.25) is 4.79 Å². The molecule has 0 saturated carbocycles. The molecule has 3 amide bonds. The van der Waals surface area contributed by atoms with Gasteiger partial charge in [0.1, 0.15) is 6.10 Å². The second-order valence-electron chi connectivity index (χ2n) is 6.95. The van der Waals surface area contributed by atoms with Gasteiger partial charge >= 0.3 is 6.03 Å². The zero-order valence-electron chi connectivity index (χ0n) is 15.4. The summed E-state index contributed by atoms with van der Waals surface area (Å²) in [4.78, 5) is 28.3. The highest BCUT2D eigenvalue weighted by atomic mass is 16.5. The van der Waals surface area contributed by atoms with Crippen molar-refractivity contribution < 1.29 is 19.4 Å². The van der Waals surface area contributed by atoms with Crippen LogP contribution in [0.5, 0.6) is 0 Å². The van der Waals surface area contributed by atoms with E-state index in [1.54, 1.807) is 0 Å². The highest BCUT2D eigenvalue weighted by molar-refractivity contribution is 5.77. The van der Waals surface area contributed by atoms with E-state index < -0.39 is 6.10 Å². The van der Waals surface area contributed by atoms with Crippen LogP contribution < -0.4 is 10.6 Å². The van der Waals surface area contributed by atoms with Gasteiger partial charge in [-0.1, -0.05) is 6.92 Å². The van der Waals surface area contributed by atoms with Crippen molar-refractivity contribution in [2.75, 3.05) is 46.4 Å². The SMILES string of the molecule is CCCNC(=O)N[C@H]1CC[C@@H](CC(=O)N2CCN(C)CC2)O[C@H]1CO. The van der Waals surface area contributed by atoms with E-state index in [4.69, 9.17) is 4.74 Å². The third kappa shape index (κ3) is 6.13. The third-order valence-corrected chi connectivity index (χ3v) is 4.91. The molecule has 0 aromatic carbocycles. The zero-order valence-corrected chi connectivity index (χ0v) is 15.4. The van der Waals surface area contributed by atoms with Gasteiger partial charge in [0.2, 0.25) is 5.91 Å². The lowest BCUT2D eigenvalue weighted by atomic mass is 9.97. The summed E-state index contributed by atoms with van der Waals surface area (Å²) in [5.41, 5.74) is 0. The van der Waals surface area contributed by atoms with Gasteiger partial charge in [0, 0.05) is 32.7 Å². The number of hydrogen-bond donors (Lipinski definition) is 3. The Bertz CT molecular complexity index is 440. The average Bonchev–Trinajstić information content (AvgIpc) is 2.61. The first kappa shape index (κ1) is 19.9. The van der Waals surface area contributed by atoms with Crippen LogP contribution in [0.25, 0.3) is 0 Å². The molecular weight excluding hydrogens is 324 g/mol. The molecule has 3 atom stereocenters. The van der Waals surface area contributed by atoms with Crippen LogP contribution >= 0.6 is 0 Å². The van der Waals surface area contributed by atoms with Crippen LogP contribution in [-0.2, 0) is 9.53 Å². The lowest BCUT2D eigenvalue weighted by molar-refractivity contribution is -0.141. The van der Waals surface area contributed by atoms with E-state index in [2.05, 4.69) is 22.6 Å². The first-order valence-corrected chi connectivity index (χ1v) is 9.30. The molecule has 2 aliphatic rings. The Hall–Kier alpha value is -1.38. The van der Waals surface area contributed by atoms with Crippen LogP contribution in [0.2, 0.25) is 0 Å². The normalized spacial score (nSPS) is 27.8. The summed E-state index contributed by atoms with van der Waals surface area (Å²) in [5, 5.41) is 15.2. The van der Waals surface area contributed by atoms with Crippen molar-refractivity contribution in [2.24, 2.45) is 0 Å². The predicted molar refractivity (Wildman–Crippen MR) is 94.3 cm³/mol. The van der Waals surface area contributed by atoms with Crippen LogP contribution in [0.4, 0.5) is 4.79 Å². The Morgan fingerprint density at radius 2 is 1.92 bits per heavy atom. The van der Waals surface area contributed by atoms with Gasteiger partial charge in [-0.15, -0.1) is 0 Å². The van der Waals surface area contributed by atoms with Crippen molar-refractivity contribution in [1.29, 1.82) is 0 Å². The van der Waals surface area contributed by atoms with E-state index in [-0.39, 0.29) is 30.7 Å². The summed E-state index contributed by atoms with van der Waals surface area (Å²) in [7, 11) is 2.06. The quantitative estimate of drug-likeness (QED) is 0.611. The van der Waals surface area contributed by atoms with Gasteiger partial charge in [0.25, 0.3) is 0 Å².